The second kappa shape index (κ2) is 8.21. The summed E-state index contributed by atoms with van der Waals surface area (Å²) in [5.74, 6) is 0.771. The number of hydrogen-bond donors (Lipinski definition) is 0. The molecule has 0 bridgehead atoms. The maximum absolute atomic E-state index is 12.4. The number of para-hydroxylation sites is 1. The summed E-state index contributed by atoms with van der Waals surface area (Å²) in [5, 5.41) is 0. The molecular weight excluding hydrogens is 276 g/mol. The van der Waals surface area contributed by atoms with E-state index < -0.39 is 0 Å². The van der Waals surface area contributed by atoms with Gasteiger partial charge in [0.25, 0.3) is 0 Å². The molecule has 0 saturated heterocycles. The summed E-state index contributed by atoms with van der Waals surface area (Å²) >= 11 is 0. The van der Waals surface area contributed by atoms with Gasteiger partial charge in [0.05, 0.1) is 12.0 Å². The van der Waals surface area contributed by atoms with E-state index in [1.54, 1.807) is 0 Å². The number of carbonyl (C=O) groups excluding carboxylic acids is 1. The average molecular weight is 304 g/mol. The minimum absolute atomic E-state index is 0.0597. The van der Waals surface area contributed by atoms with E-state index in [0.717, 1.165) is 49.8 Å². The fourth-order valence-corrected chi connectivity index (χ4v) is 2.94. The van der Waals surface area contributed by atoms with Crippen LogP contribution >= 0.6 is 0 Å². The first-order chi connectivity index (χ1) is 10.7. The number of unbranched alkanes of at least 4 members (excludes halogenated alkanes) is 1. The third-order valence-corrected chi connectivity index (χ3v) is 4.54. The van der Waals surface area contributed by atoms with Crippen molar-refractivity contribution in [2.75, 3.05) is 6.61 Å². The van der Waals surface area contributed by atoms with E-state index in [1.165, 1.54) is 6.42 Å². The van der Waals surface area contributed by atoms with E-state index in [9.17, 15) is 4.79 Å². The van der Waals surface area contributed by atoms with Gasteiger partial charge >= 0.3 is 5.97 Å². The highest BCUT2D eigenvalue weighted by molar-refractivity contribution is 5.76. The Balaban J connectivity index is 1.91. The molecule has 0 amide bonds. The first-order valence-corrected chi connectivity index (χ1v) is 8.53. The molecule has 1 aliphatic carbocycles. The molecule has 3 heteroatoms. The molecule has 0 spiro atoms. The van der Waals surface area contributed by atoms with Gasteiger partial charge in [-0.2, -0.15) is 0 Å². The van der Waals surface area contributed by atoms with E-state index in [2.05, 4.69) is 6.92 Å². The molecule has 1 fully saturated rings. The van der Waals surface area contributed by atoms with E-state index in [4.69, 9.17) is 9.47 Å². The molecule has 0 radical (unpaired) electrons. The quantitative estimate of drug-likeness (QED) is 0.532. The highest BCUT2D eigenvalue weighted by atomic mass is 16.5. The van der Waals surface area contributed by atoms with Crippen LogP contribution in [0, 0.1) is 5.41 Å². The minimum Gasteiger partial charge on any atom is -0.493 e. The van der Waals surface area contributed by atoms with Crippen molar-refractivity contribution in [2.45, 2.75) is 65.4 Å². The fourth-order valence-electron chi connectivity index (χ4n) is 2.94. The molecule has 22 heavy (non-hydrogen) atoms. The Hall–Kier alpha value is -1.51. The summed E-state index contributed by atoms with van der Waals surface area (Å²) in [5.41, 5.74) is 0.655. The molecule has 0 aliphatic heterocycles. The zero-order valence-corrected chi connectivity index (χ0v) is 13.9. The van der Waals surface area contributed by atoms with Crippen molar-refractivity contribution in [3.63, 3.8) is 0 Å². The normalized spacial score (nSPS) is 17.0. The number of hydrogen-bond acceptors (Lipinski definition) is 3. The van der Waals surface area contributed by atoms with Crippen molar-refractivity contribution < 1.29 is 14.3 Å². The van der Waals surface area contributed by atoms with Gasteiger partial charge in [-0.25, -0.2) is 0 Å². The molecule has 122 valence electrons. The second-order valence-electron chi connectivity index (χ2n) is 6.51. The topological polar surface area (TPSA) is 35.5 Å². The van der Waals surface area contributed by atoms with Crippen LogP contribution in [-0.2, 0) is 16.1 Å². The van der Waals surface area contributed by atoms with Crippen molar-refractivity contribution in [2.24, 2.45) is 5.41 Å². The van der Waals surface area contributed by atoms with E-state index in [-0.39, 0.29) is 11.4 Å². The van der Waals surface area contributed by atoms with Gasteiger partial charge in [-0.1, -0.05) is 50.8 Å². The number of benzene rings is 1. The van der Waals surface area contributed by atoms with E-state index >= 15 is 0 Å². The van der Waals surface area contributed by atoms with Crippen LogP contribution in [0.3, 0.4) is 0 Å². The molecule has 1 aromatic carbocycles. The number of ether oxygens (including phenoxy) is 2. The summed E-state index contributed by atoms with van der Waals surface area (Å²) in [7, 11) is 0. The Kier molecular flexibility index (Phi) is 6.29. The van der Waals surface area contributed by atoms with Gasteiger partial charge in [-0.3, -0.25) is 4.79 Å². The SMILES string of the molecule is CCCCOc1ccccc1COC(=O)C1(C)CCCCC1. The van der Waals surface area contributed by atoms with Gasteiger partial charge in [0.2, 0.25) is 0 Å². The summed E-state index contributed by atoms with van der Waals surface area (Å²) in [6.07, 6.45) is 7.52. The summed E-state index contributed by atoms with van der Waals surface area (Å²) < 4.78 is 11.4. The Morgan fingerprint density at radius 1 is 1.18 bits per heavy atom. The molecule has 0 atom stereocenters. The molecule has 0 heterocycles. The highest BCUT2D eigenvalue weighted by Crippen LogP contribution is 2.37. The molecule has 2 rings (SSSR count). The lowest BCUT2D eigenvalue weighted by Crippen LogP contribution is -2.31. The van der Waals surface area contributed by atoms with Crippen LogP contribution in [0.25, 0.3) is 0 Å². The van der Waals surface area contributed by atoms with Crippen LogP contribution in [0.1, 0.15) is 64.4 Å². The van der Waals surface area contributed by atoms with Crippen LogP contribution in [0.4, 0.5) is 0 Å². The predicted molar refractivity (Wildman–Crippen MR) is 87.8 cm³/mol. The van der Waals surface area contributed by atoms with Gasteiger partial charge in [0.1, 0.15) is 12.4 Å². The predicted octanol–water partition coefficient (Wildman–Crippen LogP) is 4.88. The lowest BCUT2D eigenvalue weighted by Gasteiger charge is -2.31. The monoisotopic (exact) mass is 304 g/mol. The first kappa shape index (κ1) is 16.9. The zero-order chi connectivity index (χ0) is 15.8. The largest absolute Gasteiger partial charge is 0.493 e. The lowest BCUT2D eigenvalue weighted by atomic mass is 9.76. The first-order valence-electron chi connectivity index (χ1n) is 8.53. The van der Waals surface area contributed by atoms with Crippen LogP contribution in [0.2, 0.25) is 0 Å². The van der Waals surface area contributed by atoms with Crippen LogP contribution in [0.15, 0.2) is 24.3 Å². The van der Waals surface area contributed by atoms with Crippen molar-refractivity contribution >= 4 is 5.97 Å². The van der Waals surface area contributed by atoms with Gasteiger partial charge in [0.15, 0.2) is 0 Å². The van der Waals surface area contributed by atoms with E-state index in [0.29, 0.717) is 13.2 Å². The number of rotatable bonds is 7. The maximum Gasteiger partial charge on any atom is 0.312 e. The number of esters is 1. The third kappa shape index (κ3) is 4.49. The Labute approximate surface area is 134 Å². The number of carbonyl (C=O) groups is 1. The van der Waals surface area contributed by atoms with Crippen molar-refractivity contribution in [1.29, 1.82) is 0 Å². The minimum atomic E-state index is -0.295. The van der Waals surface area contributed by atoms with Gasteiger partial charge < -0.3 is 9.47 Å². The summed E-state index contributed by atoms with van der Waals surface area (Å²) in [6.45, 7) is 5.19. The molecule has 3 nitrogen and oxygen atoms in total. The fraction of sp³-hybridized carbons (Fsp3) is 0.632. The zero-order valence-electron chi connectivity index (χ0n) is 13.9. The standard InChI is InChI=1S/C19H28O3/c1-3-4-14-21-17-11-7-6-10-16(17)15-22-18(20)19(2)12-8-5-9-13-19/h6-7,10-11H,3-5,8-9,12-15H2,1-2H3. The molecular formula is C19H28O3. The van der Waals surface area contributed by atoms with Crippen molar-refractivity contribution in [3.05, 3.63) is 29.8 Å². The molecule has 0 unspecified atom stereocenters. The smallest absolute Gasteiger partial charge is 0.312 e. The maximum atomic E-state index is 12.4. The van der Waals surface area contributed by atoms with Crippen molar-refractivity contribution in [1.82, 2.24) is 0 Å². The van der Waals surface area contributed by atoms with Crippen LogP contribution in [-0.4, -0.2) is 12.6 Å². The van der Waals surface area contributed by atoms with Crippen molar-refractivity contribution in [3.8, 4) is 5.75 Å². The molecule has 1 saturated carbocycles. The summed E-state index contributed by atoms with van der Waals surface area (Å²) in [4.78, 5) is 12.4. The average Bonchev–Trinajstić information content (AvgIpc) is 2.54. The Morgan fingerprint density at radius 2 is 1.91 bits per heavy atom. The summed E-state index contributed by atoms with van der Waals surface area (Å²) in [6, 6.07) is 7.83. The molecule has 1 aromatic rings. The van der Waals surface area contributed by atoms with Gasteiger partial charge in [0, 0.05) is 5.56 Å². The highest BCUT2D eigenvalue weighted by Gasteiger charge is 2.36. The molecule has 1 aliphatic rings. The van der Waals surface area contributed by atoms with Gasteiger partial charge in [-0.15, -0.1) is 0 Å². The van der Waals surface area contributed by atoms with E-state index in [1.807, 2.05) is 31.2 Å². The van der Waals surface area contributed by atoms with Crippen LogP contribution in [0.5, 0.6) is 5.75 Å². The van der Waals surface area contributed by atoms with Gasteiger partial charge in [-0.05, 0) is 32.3 Å². The molecule has 0 N–H and O–H groups in total. The van der Waals surface area contributed by atoms with Crippen LogP contribution < -0.4 is 4.74 Å². The second-order valence-corrected chi connectivity index (χ2v) is 6.51. The Morgan fingerprint density at radius 3 is 2.64 bits per heavy atom. The lowest BCUT2D eigenvalue weighted by molar-refractivity contribution is -0.158. The Bertz CT molecular complexity index is 475. The molecule has 0 aromatic heterocycles. The third-order valence-electron chi connectivity index (χ3n) is 4.54.